The first-order valence-corrected chi connectivity index (χ1v) is 7.78. The Morgan fingerprint density at radius 2 is 1.92 bits per heavy atom. The second-order valence-corrected chi connectivity index (χ2v) is 5.19. The molecule has 0 aliphatic heterocycles. The van der Waals surface area contributed by atoms with Gasteiger partial charge in [-0.05, 0) is 31.5 Å². The highest BCUT2D eigenvalue weighted by atomic mass is 16.5. The lowest BCUT2D eigenvalue weighted by Crippen LogP contribution is -2.31. The van der Waals surface area contributed by atoms with Crippen molar-refractivity contribution >= 4 is 5.91 Å². The van der Waals surface area contributed by atoms with E-state index in [0.717, 1.165) is 5.56 Å². The van der Waals surface area contributed by atoms with Crippen LogP contribution in [-0.4, -0.2) is 19.1 Å². The van der Waals surface area contributed by atoms with E-state index in [4.69, 9.17) is 14.7 Å². The average molecular weight is 324 g/mol. The van der Waals surface area contributed by atoms with E-state index in [-0.39, 0.29) is 18.6 Å². The summed E-state index contributed by atoms with van der Waals surface area (Å²) < 4.78 is 11.0. The first-order valence-electron chi connectivity index (χ1n) is 7.78. The van der Waals surface area contributed by atoms with Crippen molar-refractivity contribution in [2.24, 2.45) is 0 Å². The molecule has 2 aromatic carbocycles. The minimum atomic E-state index is -0.224. The quantitative estimate of drug-likeness (QED) is 0.849. The van der Waals surface area contributed by atoms with Gasteiger partial charge in [0, 0.05) is 6.07 Å². The molecule has 5 nitrogen and oxygen atoms in total. The molecule has 0 saturated heterocycles. The Balaban J connectivity index is 1.95. The number of amides is 1. The van der Waals surface area contributed by atoms with Crippen LogP contribution in [0.2, 0.25) is 0 Å². The number of hydrogen-bond donors (Lipinski definition) is 1. The molecule has 0 spiro atoms. The van der Waals surface area contributed by atoms with Gasteiger partial charge in [0.25, 0.3) is 5.91 Å². The molecule has 0 aliphatic rings. The lowest BCUT2D eigenvalue weighted by Gasteiger charge is -2.15. The van der Waals surface area contributed by atoms with Crippen LogP contribution in [-0.2, 0) is 4.79 Å². The summed E-state index contributed by atoms with van der Waals surface area (Å²) in [5.74, 6) is 0.678. The molecule has 0 aliphatic carbocycles. The van der Waals surface area contributed by atoms with Crippen LogP contribution in [0.5, 0.6) is 11.5 Å². The Morgan fingerprint density at radius 1 is 1.17 bits per heavy atom. The van der Waals surface area contributed by atoms with Crippen molar-refractivity contribution in [3.63, 3.8) is 0 Å². The molecule has 0 fully saturated rings. The maximum Gasteiger partial charge on any atom is 0.258 e. The third-order valence-corrected chi connectivity index (χ3v) is 3.41. The maximum atomic E-state index is 12.1. The Hall–Kier alpha value is -3.00. The van der Waals surface area contributed by atoms with Gasteiger partial charge < -0.3 is 14.8 Å². The number of rotatable bonds is 7. The summed E-state index contributed by atoms with van der Waals surface area (Å²) in [5, 5.41) is 11.8. The molecule has 0 bridgehead atoms. The number of benzene rings is 2. The molecule has 2 rings (SSSR count). The van der Waals surface area contributed by atoms with E-state index >= 15 is 0 Å². The minimum Gasteiger partial charge on any atom is -0.490 e. The molecule has 2 aromatic rings. The SMILES string of the molecule is CCOc1cc(C#N)ccc1OCC(=O)NC(C)c1ccccc1. The van der Waals surface area contributed by atoms with Crippen LogP contribution in [0.25, 0.3) is 0 Å². The van der Waals surface area contributed by atoms with Gasteiger partial charge in [0.1, 0.15) is 0 Å². The number of nitrogens with zero attached hydrogens (tertiary/aromatic N) is 1. The molecule has 0 aromatic heterocycles. The number of carbonyl (C=O) groups excluding carboxylic acids is 1. The van der Waals surface area contributed by atoms with Gasteiger partial charge in [-0.25, -0.2) is 0 Å². The van der Waals surface area contributed by atoms with Crippen molar-refractivity contribution in [3.8, 4) is 17.6 Å². The topological polar surface area (TPSA) is 71.3 Å². The zero-order valence-electron chi connectivity index (χ0n) is 13.8. The summed E-state index contributed by atoms with van der Waals surface area (Å²) in [6, 6.07) is 16.5. The Labute approximate surface area is 141 Å². The fraction of sp³-hybridized carbons (Fsp3) is 0.263. The smallest absolute Gasteiger partial charge is 0.258 e. The van der Waals surface area contributed by atoms with E-state index in [1.54, 1.807) is 18.2 Å². The number of hydrogen-bond acceptors (Lipinski definition) is 4. The Bertz CT molecular complexity index is 723. The summed E-state index contributed by atoms with van der Waals surface area (Å²) in [5.41, 5.74) is 1.51. The van der Waals surface area contributed by atoms with Crippen molar-refractivity contribution in [2.75, 3.05) is 13.2 Å². The molecular weight excluding hydrogens is 304 g/mol. The largest absolute Gasteiger partial charge is 0.490 e. The first kappa shape index (κ1) is 17.4. The fourth-order valence-corrected chi connectivity index (χ4v) is 2.22. The van der Waals surface area contributed by atoms with Crippen LogP contribution in [0.15, 0.2) is 48.5 Å². The van der Waals surface area contributed by atoms with E-state index in [9.17, 15) is 4.79 Å². The summed E-state index contributed by atoms with van der Waals surface area (Å²) in [7, 11) is 0. The highest BCUT2D eigenvalue weighted by Gasteiger charge is 2.12. The van der Waals surface area contributed by atoms with Crippen molar-refractivity contribution in [2.45, 2.75) is 19.9 Å². The van der Waals surface area contributed by atoms with E-state index in [0.29, 0.717) is 23.7 Å². The normalized spacial score (nSPS) is 11.2. The monoisotopic (exact) mass is 324 g/mol. The van der Waals surface area contributed by atoms with Crippen LogP contribution >= 0.6 is 0 Å². The third kappa shape index (κ3) is 4.75. The average Bonchev–Trinajstić information content (AvgIpc) is 2.61. The van der Waals surface area contributed by atoms with Crippen LogP contribution in [0.3, 0.4) is 0 Å². The van der Waals surface area contributed by atoms with Gasteiger partial charge in [-0.3, -0.25) is 4.79 Å². The van der Waals surface area contributed by atoms with Crippen molar-refractivity contribution in [1.29, 1.82) is 5.26 Å². The van der Waals surface area contributed by atoms with Crippen molar-refractivity contribution < 1.29 is 14.3 Å². The molecule has 0 radical (unpaired) electrons. The molecule has 1 amide bonds. The lowest BCUT2D eigenvalue weighted by atomic mass is 10.1. The predicted molar refractivity (Wildman–Crippen MR) is 90.8 cm³/mol. The van der Waals surface area contributed by atoms with Gasteiger partial charge in [0.15, 0.2) is 18.1 Å². The molecule has 5 heteroatoms. The lowest BCUT2D eigenvalue weighted by molar-refractivity contribution is -0.123. The number of nitrogens with one attached hydrogen (secondary N) is 1. The van der Waals surface area contributed by atoms with Crippen molar-refractivity contribution in [3.05, 3.63) is 59.7 Å². The summed E-state index contributed by atoms with van der Waals surface area (Å²) in [6.07, 6.45) is 0. The molecule has 1 N–H and O–H groups in total. The standard InChI is InChI=1S/C19H20N2O3/c1-3-23-18-11-15(12-20)9-10-17(18)24-13-19(22)21-14(2)16-7-5-4-6-8-16/h4-11,14H,3,13H2,1-2H3,(H,21,22). The summed E-state index contributed by atoms with van der Waals surface area (Å²) >= 11 is 0. The highest BCUT2D eigenvalue weighted by molar-refractivity contribution is 5.78. The minimum absolute atomic E-state index is 0.102. The maximum absolute atomic E-state index is 12.1. The van der Waals surface area contributed by atoms with Crippen LogP contribution in [0.4, 0.5) is 0 Å². The Morgan fingerprint density at radius 3 is 2.58 bits per heavy atom. The van der Waals surface area contributed by atoms with E-state index in [1.165, 1.54) is 0 Å². The molecule has 24 heavy (non-hydrogen) atoms. The molecule has 0 heterocycles. The number of nitriles is 1. The molecular formula is C19H20N2O3. The first-order chi connectivity index (χ1) is 11.6. The van der Waals surface area contributed by atoms with Gasteiger partial charge in [0.2, 0.25) is 0 Å². The zero-order chi connectivity index (χ0) is 17.4. The number of ether oxygens (including phenoxy) is 2. The highest BCUT2D eigenvalue weighted by Crippen LogP contribution is 2.28. The summed E-state index contributed by atoms with van der Waals surface area (Å²) in [6.45, 7) is 4.09. The van der Waals surface area contributed by atoms with Gasteiger partial charge in [-0.1, -0.05) is 30.3 Å². The van der Waals surface area contributed by atoms with Gasteiger partial charge in [0.05, 0.1) is 24.3 Å². The van der Waals surface area contributed by atoms with Crippen LogP contribution in [0, 0.1) is 11.3 Å². The van der Waals surface area contributed by atoms with Crippen molar-refractivity contribution in [1.82, 2.24) is 5.32 Å². The van der Waals surface area contributed by atoms with Crippen LogP contribution in [0.1, 0.15) is 31.0 Å². The van der Waals surface area contributed by atoms with Crippen LogP contribution < -0.4 is 14.8 Å². The number of carbonyl (C=O) groups is 1. The second-order valence-electron chi connectivity index (χ2n) is 5.19. The predicted octanol–water partition coefficient (Wildman–Crippen LogP) is 3.21. The molecule has 1 unspecified atom stereocenters. The second kappa shape index (κ2) is 8.59. The third-order valence-electron chi connectivity index (χ3n) is 3.41. The van der Waals surface area contributed by atoms with E-state index in [1.807, 2.05) is 50.2 Å². The van der Waals surface area contributed by atoms with Gasteiger partial charge >= 0.3 is 0 Å². The zero-order valence-corrected chi connectivity index (χ0v) is 13.8. The Kier molecular flexibility index (Phi) is 6.21. The summed E-state index contributed by atoms with van der Waals surface area (Å²) in [4.78, 5) is 12.1. The van der Waals surface area contributed by atoms with E-state index in [2.05, 4.69) is 5.32 Å². The molecule has 124 valence electrons. The fourth-order valence-electron chi connectivity index (χ4n) is 2.22. The molecule has 1 atom stereocenters. The van der Waals surface area contributed by atoms with E-state index < -0.39 is 0 Å². The molecule has 0 saturated carbocycles. The van der Waals surface area contributed by atoms with Gasteiger partial charge in [-0.15, -0.1) is 0 Å². The van der Waals surface area contributed by atoms with Gasteiger partial charge in [-0.2, -0.15) is 5.26 Å².